The van der Waals surface area contributed by atoms with Gasteiger partial charge in [-0.05, 0) is 5.56 Å². The van der Waals surface area contributed by atoms with E-state index in [1.165, 1.54) is 4.90 Å². The number of carbonyl (C=O) groups excluding carboxylic acids is 2. The Hall–Kier alpha value is -2.08. The van der Waals surface area contributed by atoms with Gasteiger partial charge in [0.1, 0.15) is 13.2 Å². The predicted octanol–water partition coefficient (Wildman–Crippen LogP) is 0.439. The molecule has 3 rings (SSSR count). The van der Waals surface area contributed by atoms with Crippen molar-refractivity contribution in [3.63, 3.8) is 0 Å². The average Bonchev–Trinajstić information content (AvgIpc) is 2.53. The van der Waals surface area contributed by atoms with Crippen LogP contribution in [-0.2, 0) is 16.1 Å². The molecule has 2 aliphatic heterocycles. The zero-order chi connectivity index (χ0) is 14.7. The fraction of sp³-hybridized carbons (Fsp3) is 0.467. The van der Waals surface area contributed by atoms with E-state index < -0.39 is 6.09 Å². The molecule has 0 aromatic heterocycles. The summed E-state index contributed by atoms with van der Waals surface area (Å²) in [6, 6.07) is 9.59. The topological polar surface area (TPSA) is 61.9 Å². The highest BCUT2D eigenvalue weighted by atomic mass is 16.6. The van der Waals surface area contributed by atoms with Crippen LogP contribution in [0.3, 0.4) is 0 Å². The molecule has 2 fully saturated rings. The lowest BCUT2D eigenvalue weighted by atomic mass is 10.1. The molecule has 1 unspecified atom stereocenters. The average molecular weight is 289 g/mol. The Bertz CT molecular complexity index is 520. The van der Waals surface area contributed by atoms with Gasteiger partial charge in [0, 0.05) is 26.2 Å². The van der Waals surface area contributed by atoms with Gasteiger partial charge in [0.25, 0.3) is 0 Å². The number of nitrogens with zero attached hydrogens (tertiary/aromatic N) is 2. The normalized spacial score (nSPS) is 21.9. The first kappa shape index (κ1) is 13.9. The molecule has 0 spiro atoms. The van der Waals surface area contributed by atoms with Crippen LogP contribution < -0.4 is 5.32 Å². The first-order valence-electron chi connectivity index (χ1n) is 7.20. The smallest absolute Gasteiger partial charge is 0.410 e. The molecular formula is C15H19N3O3. The van der Waals surface area contributed by atoms with Crippen molar-refractivity contribution in [2.24, 2.45) is 0 Å². The first-order valence-corrected chi connectivity index (χ1v) is 7.20. The van der Waals surface area contributed by atoms with Crippen molar-refractivity contribution in [3.8, 4) is 0 Å². The van der Waals surface area contributed by atoms with Gasteiger partial charge in [-0.2, -0.15) is 0 Å². The van der Waals surface area contributed by atoms with Crippen LogP contribution in [0.15, 0.2) is 30.3 Å². The summed E-state index contributed by atoms with van der Waals surface area (Å²) in [6.07, 6.45) is -0.419. The highest BCUT2D eigenvalue weighted by Gasteiger charge is 2.36. The van der Waals surface area contributed by atoms with Crippen LogP contribution in [0.5, 0.6) is 0 Å². The Morgan fingerprint density at radius 2 is 2.14 bits per heavy atom. The highest BCUT2D eigenvalue weighted by molar-refractivity contribution is 5.84. The number of hydrogen-bond acceptors (Lipinski definition) is 4. The van der Waals surface area contributed by atoms with Gasteiger partial charge >= 0.3 is 6.09 Å². The number of benzene rings is 1. The third-order valence-corrected chi connectivity index (χ3v) is 3.89. The molecule has 0 saturated carbocycles. The van der Waals surface area contributed by atoms with Gasteiger partial charge in [0.2, 0.25) is 5.91 Å². The van der Waals surface area contributed by atoms with Crippen LogP contribution in [0.1, 0.15) is 5.56 Å². The molecule has 21 heavy (non-hydrogen) atoms. The lowest BCUT2D eigenvalue weighted by Crippen LogP contribution is -2.64. The number of amides is 2. The molecule has 2 amide bonds. The SMILES string of the molecule is O=C(OCc1ccccc1)N1CC(=O)N2CCNCC2C1. The van der Waals surface area contributed by atoms with Gasteiger partial charge in [0.15, 0.2) is 0 Å². The van der Waals surface area contributed by atoms with E-state index in [4.69, 9.17) is 4.74 Å². The van der Waals surface area contributed by atoms with Crippen LogP contribution in [0.2, 0.25) is 0 Å². The lowest BCUT2D eigenvalue weighted by Gasteiger charge is -2.43. The maximum Gasteiger partial charge on any atom is 0.410 e. The molecule has 6 heteroatoms. The van der Waals surface area contributed by atoms with E-state index in [2.05, 4.69) is 5.32 Å². The second-order valence-corrected chi connectivity index (χ2v) is 5.37. The summed E-state index contributed by atoms with van der Waals surface area (Å²) in [6.45, 7) is 3.15. The summed E-state index contributed by atoms with van der Waals surface area (Å²) < 4.78 is 5.29. The molecule has 0 radical (unpaired) electrons. The molecule has 2 aliphatic rings. The summed E-state index contributed by atoms with van der Waals surface area (Å²) in [4.78, 5) is 27.5. The van der Waals surface area contributed by atoms with E-state index in [1.54, 1.807) is 0 Å². The van der Waals surface area contributed by atoms with Gasteiger partial charge in [-0.15, -0.1) is 0 Å². The van der Waals surface area contributed by atoms with Crippen molar-refractivity contribution >= 4 is 12.0 Å². The molecule has 1 N–H and O–H groups in total. The Balaban J connectivity index is 1.56. The molecule has 6 nitrogen and oxygen atoms in total. The van der Waals surface area contributed by atoms with Gasteiger partial charge < -0.3 is 15.0 Å². The van der Waals surface area contributed by atoms with Crippen LogP contribution >= 0.6 is 0 Å². The number of carbonyl (C=O) groups is 2. The van der Waals surface area contributed by atoms with E-state index in [0.717, 1.165) is 25.2 Å². The number of piperazine rings is 2. The third kappa shape index (κ3) is 3.16. The van der Waals surface area contributed by atoms with Crippen molar-refractivity contribution in [3.05, 3.63) is 35.9 Å². The van der Waals surface area contributed by atoms with Crippen LogP contribution in [0.4, 0.5) is 4.79 Å². The van der Waals surface area contributed by atoms with Crippen molar-refractivity contribution in [1.82, 2.24) is 15.1 Å². The van der Waals surface area contributed by atoms with Gasteiger partial charge in [-0.1, -0.05) is 30.3 Å². The number of ether oxygens (including phenoxy) is 1. The summed E-state index contributed by atoms with van der Waals surface area (Å²) >= 11 is 0. The fourth-order valence-corrected chi connectivity index (χ4v) is 2.78. The monoisotopic (exact) mass is 289 g/mol. The lowest BCUT2D eigenvalue weighted by molar-refractivity contribution is -0.140. The highest BCUT2D eigenvalue weighted by Crippen LogP contribution is 2.14. The van der Waals surface area contributed by atoms with Gasteiger partial charge in [0.05, 0.1) is 6.04 Å². The van der Waals surface area contributed by atoms with Gasteiger partial charge in [-0.3, -0.25) is 9.69 Å². The number of fused-ring (bicyclic) bond motifs is 1. The van der Waals surface area contributed by atoms with E-state index >= 15 is 0 Å². The quantitative estimate of drug-likeness (QED) is 0.858. The zero-order valence-corrected chi connectivity index (χ0v) is 11.8. The van der Waals surface area contributed by atoms with Gasteiger partial charge in [-0.25, -0.2) is 4.79 Å². The van der Waals surface area contributed by atoms with E-state index in [-0.39, 0.29) is 25.1 Å². The maximum atomic E-state index is 12.1. The minimum absolute atomic E-state index is 0.00408. The number of rotatable bonds is 2. The van der Waals surface area contributed by atoms with E-state index in [9.17, 15) is 9.59 Å². The molecule has 2 saturated heterocycles. The summed E-state index contributed by atoms with van der Waals surface area (Å²) in [7, 11) is 0. The largest absolute Gasteiger partial charge is 0.445 e. The molecule has 0 bridgehead atoms. The van der Waals surface area contributed by atoms with Crippen LogP contribution in [0, 0.1) is 0 Å². The summed E-state index contributed by atoms with van der Waals surface area (Å²) in [5.41, 5.74) is 0.940. The Kier molecular flexibility index (Phi) is 4.06. The zero-order valence-electron chi connectivity index (χ0n) is 11.8. The second-order valence-electron chi connectivity index (χ2n) is 5.37. The van der Waals surface area contributed by atoms with E-state index in [1.807, 2.05) is 35.2 Å². The number of hydrogen-bond donors (Lipinski definition) is 1. The van der Waals surface area contributed by atoms with Crippen LogP contribution in [0.25, 0.3) is 0 Å². The first-order chi connectivity index (χ1) is 10.2. The summed E-state index contributed by atoms with van der Waals surface area (Å²) in [5.74, 6) is 0.00408. The summed E-state index contributed by atoms with van der Waals surface area (Å²) in [5, 5.41) is 3.25. The second kappa shape index (κ2) is 6.13. The maximum absolute atomic E-state index is 12.1. The Labute approximate surface area is 123 Å². The minimum atomic E-state index is -0.419. The molecule has 1 aromatic carbocycles. The molecular weight excluding hydrogens is 270 g/mol. The van der Waals surface area contributed by atoms with Crippen molar-refractivity contribution < 1.29 is 14.3 Å². The van der Waals surface area contributed by atoms with Crippen molar-refractivity contribution in [1.29, 1.82) is 0 Å². The molecule has 112 valence electrons. The predicted molar refractivity (Wildman–Crippen MR) is 76.6 cm³/mol. The third-order valence-electron chi connectivity index (χ3n) is 3.89. The number of nitrogens with one attached hydrogen (secondary N) is 1. The fourth-order valence-electron chi connectivity index (χ4n) is 2.78. The standard InChI is InChI=1S/C15H19N3O3/c19-14-10-17(9-13-8-16-6-7-18(13)14)15(20)21-11-12-4-2-1-3-5-12/h1-5,13,16H,6-11H2. The van der Waals surface area contributed by atoms with Crippen LogP contribution in [-0.4, -0.2) is 60.6 Å². The van der Waals surface area contributed by atoms with Crippen molar-refractivity contribution in [2.75, 3.05) is 32.7 Å². The minimum Gasteiger partial charge on any atom is -0.445 e. The molecule has 2 heterocycles. The van der Waals surface area contributed by atoms with E-state index in [0.29, 0.717) is 6.54 Å². The molecule has 1 atom stereocenters. The van der Waals surface area contributed by atoms with Crippen molar-refractivity contribution in [2.45, 2.75) is 12.6 Å². The molecule has 1 aromatic rings. The Morgan fingerprint density at radius 3 is 2.95 bits per heavy atom. The Morgan fingerprint density at radius 1 is 1.33 bits per heavy atom. The molecule has 0 aliphatic carbocycles.